The van der Waals surface area contributed by atoms with E-state index in [1.165, 1.54) is 0 Å². The number of aromatic nitrogens is 2. The number of hydrazone groups is 1. The highest BCUT2D eigenvalue weighted by Crippen LogP contribution is 2.34. The highest BCUT2D eigenvalue weighted by Gasteiger charge is 2.32. The van der Waals surface area contributed by atoms with Crippen LogP contribution in [0, 0.1) is 0 Å². The summed E-state index contributed by atoms with van der Waals surface area (Å²) < 4.78 is 5.22. The summed E-state index contributed by atoms with van der Waals surface area (Å²) in [6.45, 7) is 1.85. The predicted molar refractivity (Wildman–Crippen MR) is 104 cm³/mol. The SMILES string of the molecule is CCC(=O)N1N=C(c2ccc(OC)cc2)CC1c1ccc2nccnc2c1. The molecule has 0 radical (unpaired) electrons. The molecule has 0 aliphatic carbocycles. The molecule has 1 atom stereocenters. The van der Waals surface area contributed by atoms with Gasteiger partial charge in [-0.2, -0.15) is 5.10 Å². The first-order chi connectivity index (χ1) is 13.2. The molecule has 6 heteroatoms. The van der Waals surface area contributed by atoms with Crippen LogP contribution in [0.25, 0.3) is 11.0 Å². The minimum atomic E-state index is -0.138. The number of carbonyl (C=O) groups excluding carboxylic acids is 1. The van der Waals surface area contributed by atoms with Crippen LogP contribution in [0.15, 0.2) is 60.0 Å². The van der Waals surface area contributed by atoms with E-state index < -0.39 is 0 Å². The lowest BCUT2D eigenvalue weighted by atomic mass is 9.98. The quantitative estimate of drug-likeness (QED) is 0.711. The Balaban J connectivity index is 1.69. The van der Waals surface area contributed by atoms with Crippen LogP contribution in [0.4, 0.5) is 0 Å². The maximum atomic E-state index is 12.5. The van der Waals surface area contributed by atoms with Gasteiger partial charge in [0, 0.05) is 25.2 Å². The number of amides is 1. The van der Waals surface area contributed by atoms with Crippen LogP contribution in [-0.2, 0) is 4.79 Å². The molecule has 0 fully saturated rings. The van der Waals surface area contributed by atoms with Gasteiger partial charge in [-0.05, 0) is 47.5 Å². The molecule has 0 spiro atoms. The zero-order valence-electron chi connectivity index (χ0n) is 15.3. The summed E-state index contributed by atoms with van der Waals surface area (Å²) in [5, 5.41) is 6.25. The molecule has 0 saturated heterocycles. The zero-order valence-corrected chi connectivity index (χ0v) is 15.3. The van der Waals surface area contributed by atoms with E-state index in [9.17, 15) is 4.79 Å². The van der Waals surface area contributed by atoms with E-state index in [4.69, 9.17) is 4.74 Å². The van der Waals surface area contributed by atoms with E-state index in [-0.39, 0.29) is 11.9 Å². The van der Waals surface area contributed by atoms with Gasteiger partial charge in [-0.25, -0.2) is 5.01 Å². The third-order valence-corrected chi connectivity index (χ3v) is 4.77. The monoisotopic (exact) mass is 360 g/mol. The van der Waals surface area contributed by atoms with E-state index in [0.717, 1.165) is 33.6 Å². The van der Waals surface area contributed by atoms with Crippen molar-refractivity contribution in [1.29, 1.82) is 0 Å². The number of nitrogens with zero attached hydrogens (tertiary/aromatic N) is 4. The van der Waals surface area contributed by atoms with E-state index in [2.05, 4.69) is 15.1 Å². The largest absolute Gasteiger partial charge is 0.497 e. The van der Waals surface area contributed by atoms with Gasteiger partial charge in [0.2, 0.25) is 5.91 Å². The van der Waals surface area contributed by atoms with Crippen molar-refractivity contribution in [2.24, 2.45) is 5.10 Å². The molecule has 1 aliphatic rings. The third kappa shape index (κ3) is 3.26. The number of ether oxygens (including phenoxy) is 1. The number of carbonyl (C=O) groups is 1. The van der Waals surface area contributed by atoms with Gasteiger partial charge in [-0.1, -0.05) is 13.0 Å². The van der Waals surface area contributed by atoms with Crippen molar-refractivity contribution in [3.63, 3.8) is 0 Å². The summed E-state index contributed by atoms with van der Waals surface area (Å²) >= 11 is 0. The highest BCUT2D eigenvalue weighted by atomic mass is 16.5. The molecule has 1 amide bonds. The van der Waals surface area contributed by atoms with Gasteiger partial charge in [-0.15, -0.1) is 0 Å². The van der Waals surface area contributed by atoms with Gasteiger partial charge in [0.1, 0.15) is 5.75 Å². The average molecular weight is 360 g/mol. The Morgan fingerprint density at radius 3 is 2.56 bits per heavy atom. The van der Waals surface area contributed by atoms with Crippen LogP contribution in [0.2, 0.25) is 0 Å². The standard InChI is InChI=1S/C21H20N4O2/c1-3-21(26)25-20(15-6-9-17-19(12-15)23-11-10-22-17)13-18(24-25)14-4-7-16(27-2)8-5-14/h4-12,20H,3,13H2,1-2H3. The number of methoxy groups -OCH3 is 1. The zero-order chi connectivity index (χ0) is 18.8. The molecule has 1 aliphatic heterocycles. The number of hydrogen-bond acceptors (Lipinski definition) is 5. The molecule has 3 aromatic rings. The van der Waals surface area contributed by atoms with Crippen molar-refractivity contribution < 1.29 is 9.53 Å². The van der Waals surface area contributed by atoms with Crippen molar-refractivity contribution >= 4 is 22.7 Å². The molecule has 6 nitrogen and oxygen atoms in total. The molecular weight excluding hydrogens is 340 g/mol. The Morgan fingerprint density at radius 2 is 1.85 bits per heavy atom. The Hall–Kier alpha value is -3.28. The summed E-state index contributed by atoms with van der Waals surface area (Å²) in [5.74, 6) is 0.797. The lowest BCUT2D eigenvalue weighted by Crippen LogP contribution is -2.26. The number of benzene rings is 2. The van der Waals surface area contributed by atoms with Crippen LogP contribution in [0.1, 0.15) is 36.9 Å². The minimum Gasteiger partial charge on any atom is -0.497 e. The lowest BCUT2D eigenvalue weighted by Gasteiger charge is -2.21. The maximum Gasteiger partial charge on any atom is 0.242 e. The fourth-order valence-electron chi connectivity index (χ4n) is 3.31. The van der Waals surface area contributed by atoms with Crippen molar-refractivity contribution in [2.75, 3.05) is 7.11 Å². The molecule has 0 bridgehead atoms. The summed E-state index contributed by atoms with van der Waals surface area (Å²) in [5.41, 5.74) is 4.55. The second-order valence-electron chi connectivity index (χ2n) is 6.39. The summed E-state index contributed by atoms with van der Waals surface area (Å²) in [6.07, 6.45) is 4.41. The van der Waals surface area contributed by atoms with Crippen LogP contribution in [-0.4, -0.2) is 33.7 Å². The van der Waals surface area contributed by atoms with E-state index >= 15 is 0 Å². The molecule has 0 saturated carbocycles. The minimum absolute atomic E-state index is 0.00255. The topological polar surface area (TPSA) is 67.7 Å². The molecule has 2 heterocycles. The smallest absolute Gasteiger partial charge is 0.242 e. The lowest BCUT2D eigenvalue weighted by molar-refractivity contribution is -0.132. The van der Waals surface area contributed by atoms with Crippen molar-refractivity contribution in [1.82, 2.24) is 15.0 Å². The first-order valence-corrected chi connectivity index (χ1v) is 8.94. The van der Waals surface area contributed by atoms with Gasteiger partial charge in [-0.3, -0.25) is 14.8 Å². The molecular formula is C21H20N4O2. The Labute approximate surface area is 157 Å². The average Bonchev–Trinajstić information content (AvgIpc) is 3.18. The van der Waals surface area contributed by atoms with Crippen LogP contribution in [0.3, 0.4) is 0 Å². The molecule has 4 rings (SSSR count). The summed E-state index contributed by atoms with van der Waals surface area (Å²) in [4.78, 5) is 21.2. The molecule has 2 aromatic carbocycles. The number of hydrogen-bond donors (Lipinski definition) is 0. The Kier molecular flexibility index (Phi) is 4.54. The predicted octanol–water partition coefficient (Wildman–Crippen LogP) is 3.73. The molecule has 27 heavy (non-hydrogen) atoms. The Bertz CT molecular complexity index is 1010. The summed E-state index contributed by atoms with van der Waals surface area (Å²) in [6, 6.07) is 13.6. The third-order valence-electron chi connectivity index (χ3n) is 4.77. The van der Waals surface area contributed by atoms with Gasteiger partial charge < -0.3 is 4.74 Å². The second-order valence-corrected chi connectivity index (χ2v) is 6.39. The van der Waals surface area contributed by atoms with Gasteiger partial charge in [0.25, 0.3) is 0 Å². The summed E-state index contributed by atoms with van der Waals surface area (Å²) in [7, 11) is 1.64. The molecule has 1 unspecified atom stereocenters. The van der Waals surface area contributed by atoms with Gasteiger partial charge in [0.05, 0.1) is 29.9 Å². The highest BCUT2D eigenvalue weighted by molar-refractivity contribution is 6.03. The van der Waals surface area contributed by atoms with Crippen LogP contribution < -0.4 is 4.74 Å². The fraction of sp³-hybridized carbons (Fsp3) is 0.238. The number of rotatable bonds is 4. The van der Waals surface area contributed by atoms with Crippen molar-refractivity contribution in [2.45, 2.75) is 25.8 Å². The van der Waals surface area contributed by atoms with Crippen molar-refractivity contribution in [3.8, 4) is 5.75 Å². The normalized spacial score (nSPS) is 16.4. The molecule has 136 valence electrons. The maximum absolute atomic E-state index is 12.5. The second kappa shape index (κ2) is 7.15. The fourth-order valence-corrected chi connectivity index (χ4v) is 3.31. The van der Waals surface area contributed by atoms with Crippen LogP contribution >= 0.6 is 0 Å². The Morgan fingerprint density at radius 1 is 1.11 bits per heavy atom. The van der Waals surface area contributed by atoms with E-state index in [1.807, 2.05) is 49.4 Å². The number of fused-ring (bicyclic) bond motifs is 1. The molecule has 1 aromatic heterocycles. The van der Waals surface area contributed by atoms with Crippen molar-refractivity contribution in [3.05, 3.63) is 66.0 Å². The molecule has 0 N–H and O–H groups in total. The van der Waals surface area contributed by atoms with Gasteiger partial charge in [0.15, 0.2) is 0 Å². The first-order valence-electron chi connectivity index (χ1n) is 8.94. The van der Waals surface area contributed by atoms with E-state index in [1.54, 1.807) is 24.5 Å². The van der Waals surface area contributed by atoms with Crippen LogP contribution in [0.5, 0.6) is 5.75 Å². The van der Waals surface area contributed by atoms with E-state index in [0.29, 0.717) is 12.8 Å². The van der Waals surface area contributed by atoms with Gasteiger partial charge >= 0.3 is 0 Å². The first kappa shape index (κ1) is 17.1.